The zero-order chi connectivity index (χ0) is 17.0. The van der Waals surface area contributed by atoms with Crippen LogP contribution >= 0.6 is 0 Å². The van der Waals surface area contributed by atoms with Crippen molar-refractivity contribution in [2.45, 2.75) is 33.4 Å². The summed E-state index contributed by atoms with van der Waals surface area (Å²) in [6.07, 6.45) is 1.73. The molecule has 0 fully saturated rings. The van der Waals surface area contributed by atoms with E-state index in [-0.39, 0.29) is 30.3 Å². The third-order valence-electron chi connectivity index (χ3n) is 3.66. The summed E-state index contributed by atoms with van der Waals surface area (Å²) in [4.78, 5) is 23.5. The van der Waals surface area contributed by atoms with Crippen molar-refractivity contribution in [1.29, 1.82) is 0 Å². The number of halogens is 1. The second-order valence-corrected chi connectivity index (χ2v) is 5.30. The van der Waals surface area contributed by atoms with Crippen molar-refractivity contribution in [3.05, 3.63) is 58.7 Å². The Morgan fingerprint density at radius 1 is 1.26 bits per heavy atom. The molecule has 0 aliphatic rings. The molecule has 1 amide bonds. The summed E-state index contributed by atoms with van der Waals surface area (Å²) in [6, 6.07) is 5.85. The number of carbonyl (C=O) groups excluding carboxylic acids is 1. The normalized spacial score (nSPS) is 10.6. The molecule has 1 aromatic heterocycles. The van der Waals surface area contributed by atoms with E-state index in [9.17, 15) is 19.1 Å². The largest absolute Gasteiger partial charge is 0.478 e. The number of carboxylic acids is 1. The molecule has 5 nitrogen and oxygen atoms in total. The molecule has 122 valence electrons. The summed E-state index contributed by atoms with van der Waals surface area (Å²) >= 11 is 0. The van der Waals surface area contributed by atoms with E-state index >= 15 is 0 Å². The topological polar surface area (TPSA) is 71.3 Å². The highest BCUT2D eigenvalue weighted by molar-refractivity contribution is 5.93. The average molecular weight is 318 g/mol. The molecule has 2 aromatic rings. The predicted molar refractivity (Wildman–Crippen MR) is 83.8 cm³/mol. The van der Waals surface area contributed by atoms with Crippen LogP contribution in [0.25, 0.3) is 0 Å². The van der Waals surface area contributed by atoms with E-state index in [0.717, 1.165) is 5.56 Å². The SMILES string of the molecule is CCn1cc(C)c(C(=O)O)c1CC(=O)NCc1ccc(F)cc1. The molecule has 6 heteroatoms. The molecule has 1 aromatic carbocycles. The van der Waals surface area contributed by atoms with Crippen molar-refractivity contribution in [3.63, 3.8) is 0 Å². The maximum Gasteiger partial charge on any atom is 0.337 e. The molecule has 0 aliphatic heterocycles. The standard InChI is InChI=1S/C17H19FN2O3/c1-3-20-10-11(2)16(17(22)23)14(20)8-15(21)19-9-12-4-6-13(18)7-5-12/h4-7,10H,3,8-9H2,1-2H3,(H,19,21)(H,22,23). The van der Waals surface area contributed by atoms with Gasteiger partial charge in [-0.25, -0.2) is 9.18 Å². The van der Waals surface area contributed by atoms with Gasteiger partial charge in [0, 0.05) is 25.0 Å². The lowest BCUT2D eigenvalue weighted by atomic mass is 10.1. The van der Waals surface area contributed by atoms with E-state index < -0.39 is 5.97 Å². The number of aromatic nitrogens is 1. The van der Waals surface area contributed by atoms with Gasteiger partial charge in [0.05, 0.1) is 12.0 Å². The number of carbonyl (C=O) groups is 2. The molecule has 0 atom stereocenters. The highest BCUT2D eigenvalue weighted by Gasteiger charge is 2.20. The van der Waals surface area contributed by atoms with E-state index in [2.05, 4.69) is 5.32 Å². The summed E-state index contributed by atoms with van der Waals surface area (Å²) in [5.74, 6) is -1.64. The lowest BCUT2D eigenvalue weighted by molar-refractivity contribution is -0.120. The second kappa shape index (κ2) is 7.09. The van der Waals surface area contributed by atoms with Gasteiger partial charge in [-0.15, -0.1) is 0 Å². The van der Waals surface area contributed by atoms with Gasteiger partial charge in [0.1, 0.15) is 5.82 Å². The number of amides is 1. The molecule has 0 unspecified atom stereocenters. The van der Waals surface area contributed by atoms with Crippen molar-refractivity contribution in [1.82, 2.24) is 9.88 Å². The molecule has 23 heavy (non-hydrogen) atoms. The number of nitrogens with one attached hydrogen (secondary N) is 1. The molecule has 0 saturated carbocycles. The highest BCUT2D eigenvalue weighted by atomic mass is 19.1. The van der Waals surface area contributed by atoms with Crippen molar-refractivity contribution in [2.75, 3.05) is 0 Å². The fraction of sp³-hybridized carbons (Fsp3) is 0.294. The van der Waals surface area contributed by atoms with Gasteiger partial charge in [-0.05, 0) is 37.1 Å². The van der Waals surface area contributed by atoms with Gasteiger partial charge in [-0.1, -0.05) is 12.1 Å². The number of carboxylic acid groups (broad SMARTS) is 1. The fourth-order valence-electron chi connectivity index (χ4n) is 2.53. The van der Waals surface area contributed by atoms with E-state index in [4.69, 9.17) is 0 Å². The first-order valence-electron chi connectivity index (χ1n) is 7.35. The van der Waals surface area contributed by atoms with Gasteiger partial charge in [-0.2, -0.15) is 0 Å². The summed E-state index contributed by atoms with van der Waals surface area (Å²) in [5, 5.41) is 12.0. The zero-order valence-electron chi connectivity index (χ0n) is 13.1. The van der Waals surface area contributed by atoms with E-state index in [1.807, 2.05) is 6.92 Å². The van der Waals surface area contributed by atoms with Crippen molar-refractivity contribution in [3.8, 4) is 0 Å². The Bertz CT molecular complexity index is 720. The number of benzene rings is 1. The Morgan fingerprint density at radius 3 is 2.48 bits per heavy atom. The first kappa shape index (κ1) is 16.7. The van der Waals surface area contributed by atoms with E-state index in [1.165, 1.54) is 12.1 Å². The maximum absolute atomic E-state index is 12.8. The molecule has 0 saturated heterocycles. The minimum atomic E-state index is -1.03. The van der Waals surface area contributed by atoms with Crippen LogP contribution in [0.3, 0.4) is 0 Å². The molecular formula is C17H19FN2O3. The Morgan fingerprint density at radius 2 is 1.91 bits per heavy atom. The summed E-state index contributed by atoms with van der Waals surface area (Å²) in [6.45, 7) is 4.47. The number of hydrogen-bond acceptors (Lipinski definition) is 2. The fourth-order valence-corrected chi connectivity index (χ4v) is 2.53. The second-order valence-electron chi connectivity index (χ2n) is 5.30. The van der Waals surface area contributed by atoms with Crippen molar-refractivity contribution < 1.29 is 19.1 Å². The summed E-state index contributed by atoms with van der Waals surface area (Å²) < 4.78 is 14.6. The lowest BCUT2D eigenvalue weighted by Gasteiger charge is -2.09. The highest BCUT2D eigenvalue weighted by Crippen LogP contribution is 2.18. The van der Waals surface area contributed by atoms with Gasteiger partial charge in [0.2, 0.25) is 5.91 Å². The van der Waals surface area contributed by atoms with Crippen LogP contribution < -0.4 is 5.32 Å². The maximum atomic E-state index is 12.8. The first-order chi connectivity index (χ1) is 10.9. The smallest absolute Gasteiger partial charge is 0.337 e. The monoisotopic (exact) mass is 318 g/mol. The van der Waals surface area contributed by atoms with E-state index in [1.54, 1.807) is 29.8 Å². The van der Waals surface area contributed by atoms with Crippen LogP contribution in [0.15, 0.2) is 30.5 Å². The number of aromatic carboxylic acids is 1. The van der Waals surface area contributed by atoms with Crippen LogP contribution in [0.2, 0.25) is 0 Å². The first-order valence-corrected chi connectivity index (χ1v) is 7.35. The van der Waals surface area contributed by atoms with Gasteiger partial charge >= 0.3 is 5.97 Å². The summed E-state index contributed by atoms with van der Waals surface area (Å²) in [7, 11) is 0. The van der Waals surface area contributed by atoms with Gasteiger partial charge in [0.15, 0.2) is 0 Å². The summed E-state index contributed by atoms with van der Waals surface area (Å²) in [5.41, 5.74) is 2.10. The Labute approximate surface area is 133 Å². The van der Waals surface area contributed by atoms with Crippen molar-refractivity contribution >= 4 is 11.9 Å². The van der Waals surface area contributed by atoms with Gasteiger partial charge < -0.3 is 15.0 Å². The third kappa shape index (κ3) is 3.97. The Hall–Kier alpha value is -2.63. The number of nitrogens with zero attached hydrogens (tertiary/aromatic N) is 1. The van der Waals surface area contributed by atoms with Crippen LogP contribution in [0, 0.1) is 12.7 Å². The molecule has 0 bridgehead atoms. The minimum absolute atomic E-state index is 0.00942. The van der Waals surface area contributed by atoms with Crippen LogP contribution in [0.1, 0.15) is 34.1 Å². The molecular weight excluding hydrogens is 299 g/mol. The quantitative estimate of drug-likeness (QED) is 0.859. The van der Waals surface area contributed by atoms with Crippen LogP contribution in [-0.4, -0.2) is 21.6 Å². The molecule has 2 N–H and O–H groups in total. The van der Waals surface area contributed by atoms with Gasteiger partial charge in [0.25, 0.3) is 0 Å². The van der Waals surface area contributed by atoms with Gasteiger partial charge in [-0.3, -0.25) is 4.79 Å². The number of rotatable bonds is 6. The average Bonchev–Trinajstić information content (AvgIpc) is 2.82. The number of hydrogen-bond donors (Lipinski definition) is 2. The molecule has 2 rings (SSSR count). The van der Waals surface area contributed by atoms with E-state index in [0.29, 0.717) is 17.8 Å². The Kier molecular flexibility index (Phi) is 5.16. The molecule has 1 heterocycles. The van der Waals surface area contributed by atoms with Crippen LogP contribution in [-0.2, 0) is 24.3 Å². The van der Waals surface area contributed by atoms with Crippen LogP contribution in [0.5, 0.6) is 0 Å². The molecule has 0 radical (unpaired) electrons. The Balaban J connectivity index is 2.08. The predicted octanol–water partition coefficient (Wildman–Crippen LogP) is 2.51. The van der Waals surface area contributed by atoms with Crippen molar-refractivity contribution in [2.24, 2.45) is 0 Å². The minimum Gasteiger partial charge on any atom is -0.478 e. The van der Waals surface area contributed by atoms with Crippen LogP contribution in [0.4, 0.5) is 4.39 Å². The molecule has 0 spiro atoms. The number of aryl methyl sites for hydroxylation is 2. The molecule has 0 aliphatic carbocycles. The third-order valence-corrected chi connectivity index (χ3v) is 3.66. The lowest BCUT2D eigenvalue weighted by Crippen LogP contribution is -2.26. The zero-order valence-corrected chi connectivity index (χ0v) is 13.1.